The molecule has 0 aliphatic heterocycles. The highest BCUT2D eigenvalue weighted by atomic mass is 32.1. The lowest BCUT2D eigenvalue weighted by atomic mass is 10.0. The first-order valence-electron chi connectivity index (χ1n) is 8.09. The molecule has 128 valence electrons. The Balaban J connectivity index is 2.48. The van der Waals surface area contributed by atoms with Gasteiger partial charge in [0.1, 0.15) is 10.6 Å². The Labute approximate surface area is 146 Å². The molecular formula is C19H23NO3S. The van der Waals surface area contributed by atoms with E-state index in [2.05, 4.69) is 5.32 Å². The highest BCUT2D eigenvalue weighted by molar-refractivity contribution is 7.17. The van der Waals surface area contributed by atoms with Crippen molar-refractivity contribution >= 4 is 28.2 Å². The number of thiophene rings is 1. The van der Waals surface area contributed by atoms with Gasteiger partial charge in [0.05, 0.1) is 6.61 Å². The zero-order valence-electron chi connectivity index (χ0n) is 14.5. The van der Waals surface area contributed by atoms with Crippen LogP contribution in [0.15, 0.2) is 30.3 Å². The van der Waals surface area contributed by atoms with Gasteiger partial charge >= 0.3 is 5.97 Å². The normalized spacial score (nSPS) is 10.7. The van der Waals surface area contributed by atoms with Crippen LogP contribution in [0.5, 0.6) is 0 Å². The lowest BCUT2D eigenvalue weighted by molar-refractivity contribution is -0.116. The average Bonchev–Trinajstić information content (AvgIpc) is 2.83. The Hall–Kier alpha value is -2.14. The van der Waals surface area contributed by atoms with E-state index < -0.39 is 5.97 Å². The molecule has 1 N–H and O–H groups in total. The molecule has 0 aliphatic rings. The maximum atomic E-state index is 12.5. The largest absolute Gasteiger partial charge is 0.462 e. The fraction of sp³-hybridized carbons (Fsp3) is 0.368. The molecule has 4 nitrogen and oxygen atoms in total. The van der Waals surface area contributed by atoms with Gasteiger partial charge < -0.3 is 10.1 Å². The van der Waals surface area contributed by atoms with Crippen LogP contribution in [-0.4, -0.2) is 18.5 Å². The second-order valence-corrected chi connectivity index (χ2v) is 7.19. The van der Waals surface area contributed by atoms with E-state index in [-0.39, 0.29) is 11.8 Å². The van der Waals surface area contributed by atoms with Crippen molar-refractivity contribution < 1.29 is 14.3 Å². The van der Waals surface area contributed by atoms with Gasteiger partial charge in [0.15, 0.2) is 0 Å². The first kappa shape index (κ1) is 18.2. The van der Waals surface area contributed by atoms with Gasteiger partial charge in [-0.25, -0.2) is 4.79 Å². The molecule has 1 heterocycles. The molecule has 0 atom stereocenters. The zero-order chi connectivity index (χ0) is 17.7. The molecule has 0 radical (unpaired) electrons. The molecule has 24 heavy (non-hydrogen) atoms. The third-order valence-corrected chi connectivity index (χ3v) is 4.49. The van der Waals surface area contributed by atoms with Crippen LogP contribution in [-0.2, 0) is 9.53 Å². The number of nitrogens with one attached hydrogen (secondary N) is 1. The molecule has 1 aromatic heterocycles. The number of anilines is 1. The minimum atomic E-state index is -0.402. The number of carbonyl (C=O) groups is 2. The van der Waals surface area contributed by atoms with Crippen molar-refractivity contribution in [1.29, 1.82) is 0 Å². The van der Waals surface area contributed by atoms with E-state index in [0.29, 0.717) is 23.6 Å². The number of hydrogen-bond acceptors (Lipinski definition) is 4. The van der Waals surface area contributed by atoms with E-state index in [9.17, 15) is 9.59 Å². The summed E-state index contributed by atoms with van der Waals surface area (Å²) in [6, 6.07) is 9.70. The Kier molecular flexibility index (Phi) is 6.15. The molecule has 0 bridgehead atoms. The van der Waals surface area contributed by atoms with Crippen LogP contribution >= 0.6 is 11.3 Å². The van der Waals surface area contributed by atoms with E-state index in [1.807, 2.05) is 51.1 Å². The predicted molar refractivity (Wildman–Crippen MR) is 98.5 cm³/mol. The second-order valence-electron chi connectivity index (χ2n) is 5.97. The highest BCUT2D eigenvalue weighted by Crippen LogP contribution is 2.40. The monoisotopic (exact) mass is 345 g/mol. The summed E-state index contributed by atoms with van der Waals surface area (Å²) in [6.45, 7) is 7.99. The predicted octanol–water partition coefficient (Wildman–Crippen LogP) is 4.88. The molecule has 2 rings (SSSR count). The van der Waals surface area contributed by atoms with Crippen molar-refractivity contribution in [1.82, 2.24) is 0 Å². The molecule has 1 aromatic carbocycles. The average molecular weight is 345 g/mol. The van der Waals surface area contributed by atoms with Gasteiger partial charge in [-0.15, -0.1) is 11.3 Å². The fourth-order valence-corrected chi connectivity index (χ4v) is 3.61. The Morgan fingerprint density at radius 2 is 1.88 bits per heavy atom. The van der Waals surface area contributed by atoms with Gasteiger partial charge in [0.25, 0.3) is 0 Å². The summed E-state index contributed by atoms with van der Waals surface area (Å²) in [5.74, 6) is -0.234. The minimum Gasteiger partial charge on any atom is -0.462 e. The van der Waals surface area contributed by atoms with Gasteiger partial charge in [-0.2, -0.15) is 0 Å². The van der Waals surface area contributed by atoms with Crippen molar-refractivity contribution in [3.05, 3.63) is 40.8 Å². The topological polar surface area (TPSA) is 55.4 Å². The summed E-state index contributed by atoms with van der Waals surface area (Å²) in [7, 11) is 0. The van der Waals surface area contributed by atoms with Crippen molar-refractivity contribution in [2.45, 2.75) is 34.1 Å². The number of aryl methyl sites for hydroxylation is 1. The lowest BCUT2D eigenvalue weighted by Crippen LogP contribution is -2.16. The number of hydrogen-bond donors (Lipinski definition) is 1. The Bertz CT molecular complexity index is 720. The SMILES string of the molecule is CCOC(=O)c1c(NC(=O)CC(C)C)sc(C)c1-c1ccccc1. The van der Waals surface area contributed by atoms with Crippen molar-refractivity contribution in [2.75, 3.05) is 11.9 Å². The molecule has 0 spiro atoms. The van der Waals surface area contributed by atoms with Gasteiger partial charge in [-0.3, -0.25) is 4.79 Å². The summed E-state index contributed by atoms with van der Waals surface area (Å²) in [4.78, 5) is 25.6. The summed E-state index contributed by atoms with van der Waals surface area (Å²) < 4.78 is 5.22. The summed E-state index contributed by atoms with van der Waals surface area (Å²) in [5.41, 5.74) is 2.22. The summed E-state index contributed by atoms with van der Waals surface area (Å²) in [6.07, 6.45) is 0.417. The molecule has 0 aliphatic carbocycles. The molecule has 0 fully saturated rings. The van der Waals surface area contributed by atoms with E-state index in [4.69, 9.17) is 4.74 Å². The molecule has 2 aromatic rings. The first-order chi connectivity index (χ1) is 11.4. The molecule has 5 heteroatoms. The van der Waals surface area contributed by atoms with Gasteiger partial charge in [0.2, 0.25) is 5.91 Å². The number of benzene rings is 1. The number of amides is 1. The van der Waals surface area contributed by atoms with Gasteiger partial charge in [-0.1, -0.05) is 44.2 Å². The van der Waals surface area contributed by atoms with Crippen molar-refractivity contribution in [3.63, 3.8) is 0 Å². The first-order valence-corrected chi connectivity index (χ1v) is 8.91. The van der Waals surface area contributed by atoms with Crippen LogP contribution in [0.3, 0.4) is 0 Å². The number of ether oxygens (including phenoxy) is 1. The number of esters is 1. The van der Waals surface area contributed by atoms with Gasteiger partial charge in [0, 0.05) is 16.9 Å². The third-order valence-electron chi connectivity index (χ3n) is 3.47. The maximum absolute atomic E-state index is 12.5. The van der Waals surface area contributed by atoms with Crippen LogP contribution < -0.4 is 5.32 Å². The number of rotatable bonds is 6. The van der Waals surface area contributed by atoms with Crippen LogP contribution in [0.25, 0.3) is 11.1 Å². The second kappa shape index (κ2) is 8.11. The van der Waals surface area contributed by atoms with E-state index in [1.165, 1.54) is 11.3 Å². The van der Waals surface area contributed by atoms with Crippen LogP contribution in [0, 0.1) is 12.8 Å². The van der Waals surface area contributed by atoms with Crippen LogP contribution in [0.1, 0.15) is 42.4 Å². The van der Waals surface area contributed by atoms with E-state index in [0.717, 1.165) is 16.0 Å². The zero-order valence-corrected chi connectivity index (χ0v) is 15.3. The summed E-state index contributed by atoms with van der Waals surface area (Å²) in [5, 5.41) is 3.46. The molecule has 1 amide bonds. The van der Waals surface area contributed by atoms with Crippen LogP contribution in [0.2, 0.25) is 0 Å². The van der Waals surface area contributed by atoms with Crippen molar-refractivity contribution in [2.24, 2.45) is 5.92 Å². The quantitative estimate of drug-likeness (QED) is 0.759. The fourth-order valence-electron chi connectivity index (χ4n) is 2.53. The summed E-state index contributed by atoms with van der Waals surface area (Å²) >= 11 is 1.41. The highest BCUT2D eigenvalue weighted by Gasteiger charge is 2.25. The third kappa shape index (κ3) is 4.23. The Morgan fingerprint density at radius 3 is 2.46 bits per heavy atom. The minimum absolute atomic E-state index is 0.0867. The molecule has 0 unspecified atom stereocenters. The molecule has 0 saturated carbocycles. The molecular weight excluding hydrogens is 322 g/mol. The smallest absolute Gasteiger partial charge is 0.341 e. The standard InChI is InChI=1S/C19H23NO3S/c1-5-23-19(22)17-16(14-9-7-6-8-10-14)13(4)24-18(17)20-15(21)11-12(2)3/h6-10,12H,5,11H2,1-4H3,(H,20,21). The molecule has 0 saturated heterocycles. The van der Waals surface area contributed by atoms with Crippen molar-refractivity contribution in [3.8, 4) is 11.1 Å². The number of carbonyl (C=O) groups excluding carboxylic acids is 2. The van der Waals surface area contributed by atoms with E-state index in [1.54, 1.807) is 6.92 Å². The van der Waals surface area contributed by atoms with E-state index >= 15 is 0 Å². The lowest BCUT2D eigenvalue weighted by Gasteiger charge is -2.10. The van der Waals surface area contributed by atoms with Gasteiger partial charge in [-0.05, 0) is 25.3 Å². The maximum Gasteiger partial charge on any atom is 0.341 e. The van der Waals surface area contributed by atoms with Crippen LogP contribution in [0.4, 0.5) is 5.00 Å². The Morgan fingerprint density at radius 1 is 1.21 bits per heavy atom.